The molecule has 0 saturated heterocycles. The van der Waals surface area contributed by atoms with E-state index in [1.165, 1.54) is 16.9 Å². The van der Waals surface area contributed by atoms with Crippen LogP contribution in [-0.4, -0.2) is 19.3 Å². The number of aryl methyl sites for hydroxylation is 5. The summed E-state index contributed by atoms with van der Waals surface area (Å²) in [4.78, 5) is 4.77. The summed E-state index contributed by atoms with van der Waals surface area (Å²) in [7, 11) is 0. The third kappa shape index (κ3) is 4.95. The summed E-state index contributed by atoms with van der Waals surface area (Å²) in [5.74, 6) is 0.351. The zero-order valence-corrected chi connectivity index (χ0v) is 26.4. The number of aromatic nitrogens is 4. The van der Waals surface area contributed by atoms with E-state index in [-0.39, 0.29) is 0 Å². The molecule has 1 N–H and O–H groups in total. The normalized spacial score (nSPS) is 11.6. The lowest BCUT2D eigenvalue weighted by Crippen LogP contribution is -2.00. The van der Waals surface area contributed by atoms with Crippen molar-refractivity contribution >= 4 is 55.3 Å². The van der Waals surface area contributed by atoms with Crippen LogP contribution in [0.25, 0.3) is 31.9 Å². The van der Waals surface area contributed by atoms with Gasteiger partial charge < -0.3 is 9.88 Å². The predicted octanol–water partition coefficient (Wildman–Crippen LogP) is 10.00. The lowest BCUT2D eigenvalue weighted by molar-refractivity contribution is 0.848. The molecule has 8 nitrogen and oxygen atoms in total. The van der Waals surface area contributed by atoms with E-state index in [2.05, 4.69) is 91.3 Å². The molecule has 0 unspecified atom stereocenters. The third-order valence-corrected chi connectivity index (χ3v) is 9.06. The second-order valence-electron chi connectivity index (χ2n) is 11.2. The Bertz CT molecular complexity index is 2260. The summed E-state index contributed by atoms with van der Waals surface area (Å²) >= 11 is 1.50. The van der Waals surface area contributed by atoms with Gasteiger partial charge in [-0.15, -0.1) is 10.2 Å². The monoisotopic (exact) mass is 606 g/mol. The molecule has 0 aliphatic rings. The van der Waals surface area contributed by atoms with Gasteiger partial charge in [-0.1, -0.05) is 59.4 Å². The first kappa shape index (κ1) is 28.2. The molecule has 0 saturated carbocycles. The number of benzene rings is 4. The van der Waals surface area contributed by atoms with Gasteiger partial charge in [0.15, 0.2) is 5.82 Å². The summed E-state index contributed by atoms with van der Waals surface area (Å²) in [5, 5.41) is 29.8. The van der Waals surface area contributed by atoms with E-state index in [4.69, 9.17) is 15.2 Å². The maximum atomic E-state index is 10.1. The second kappa shape index (κ2) is 11.2. The molecule has 3 aromatic heterocycles. The number of azo groups is 1. The van der Waals surface area contributed by atoms with E-state index >= 15 is 0 Å². The molecule has 0 radical (unpaired) electrons. The van der Waals surface area contributed by atoms with E-state index in [1.807, 2.05) is 42.5 Å². The van der Waals surface area contributed by atoms with Gasteiger partial charge in [0.2, 0.25) is 5.13 Å². The highest BCUT2D eigenvalue weighted by molar-refractivity contribution is 7.20. The van der Waals surface area contributed by atoms with Gasteiger partial charge >= 0.3 is 0 Å². The van der Waals surface area contributed by atoms with Crippen LogP contribution in [0.2, 0.25) is 0 Å². The third-order valence-electron chi connectivity index (χ3n) is 8.05. The summed E-state index contributed by atoms with van der Waals surface area (Å²) in [5.41, 5.74) is 10.9. The number of nitrogens with one attached hydrogen (secondary N) is 1. The van der Waals surface area contributed by atoms with Gasteiger partial charge in [-0.25, -0.2) is 4.98 Å². The van der Waals surface area contributed by atoms with Crippen LogP contribution in [0.15, 0.2) is 95.3 Å². The fraction of sp³-hybridized carbons (Fsp3) is 0.139. The molecule has 7 aromatic rings. The molecule has 45 heavy (non-hydrogen) atoms. The molecule has 3 heterocycles. The van der Waals surface area contributed by atoms with E-state index < -0.39 is 0 Å². The molecule has 7 rings (SSSR count). The predicted molar refractivity (Wildman–Crippen MR) is 182 cm³/mol. The summed E-state index contributed by atoms with van der Waals surface area (Å²) in [6, 6.07) is 29.1. The van der Waals surface area contributed by atoms with Gasteiger partial charge in [-0.05, 0) is 87.7 Å². The Morgan fingerprint density at radius 3 is 2.33 bits per heavy atom. The number of nitriles is 1. The highest BCUT2D eigenvalue weighted by atomic mass is 32.1. The Hall–Kier alpha value is -5.59. The minimum atomic E-state index is 0.351. The van der Waals surface area contributed by atoms with E-state index in [0.717, 1.165) is 54.9 Å². The molecule has 220 valence electrons. The number of para-hydroxylation sites is 2. The fourth-order valence-corrected chi connectivity index (χ4v) is 6.83. The largest absolute Gasteiger partial charge is 0.353 e. The number of fused-ring (bicyclic) bond motifs is 2. The Morgan fingerprint density at radius 2 is 1.60 bits per heavy atom. The van der Waals surface area contributed by atoms with Crippen molar-refractivity contribution in [3.8, 4) is 16.9 Å². The number of nitrogens with zero attached hydrogens (tertiary/aromatic N) is 7. The standard InChI is InChI=1S/C36H30N8S/c1-21-17-22(2)33(23(3)18-21)38-30-19-31-27(15-16-43(31)26-11-7-6-8-12-26)24(4)34(30)40-41-35-28(20-37)25(5)42-44(35)36-39-29-13-9-10-14-32(29)45-36/h6-19,38H,1-5H3. The van der Waals surface area contributed by atoms with Crippen molar-refractivity contribution in [3.05, 3.63) is 119 Å². The Kier molecular flexibility index (Phi) is 6.99. The molecule has 0 fully saturated rings. The molecule has 0 aliphatic heterocycles. The molecular formula is C36H30N8S. The van der Waals surface area contributed by atoms with E-state index in [0.29, 0.717) is 27.9 Å². The van der Waals surface area contributed by atoms with E-state index in [1.54, 1.807) is 11.6 Å². The number of hydrogen-bond acceptors (Lipinski definition) is 7. The maximum absolute atomic E-state index is 10.1. The zero-order valence-electron chi connectivity index (χ0n) is 25.6. The lowest BCUT2D eigenvalue weighted by atomic mass is 10.0. The van der Waals surface area contributed by atoms with Crippen molar-refractivity contribution in [2.45, 2.75) is 34.6 Å². The molecule has 0 aliphatic carbocycles. The molecule has 0 bridgehead atoms. The minimum Gasteiger partial charge on any atom is -0.353 e. The summed E-state index contributed by atoms with van der Waals surface area (Å²) in [6.45, 7) is 10.2. The van der Waals surface area contributed by atoms with Crippen LogP contribution in [-0.2, 0) is 0 Å². The minimum absolute atomic E-state index is 0.351. The lowest BCUT2D eigenvalue weighted by Gasteiger charge is -2.17. The zero-order chi connectivity index (χ0) is 31.2. The maximum Gasteiger partial charge on any atom is 0.213 e. The topological polar surface area (TPSA) is 96.2 Å². The van der Waals surface area contributed by atoms with Crippen LogP contribution in [0.5, 0.6) is 0 Å². The molecule has 9 heteroatoms. The van der Waals surface area contributed by atoms with Gasteiger partial charge in [0, 0.05) is 23.0 Å². The fourth-order valence-electron chi connectivity index (χ4n) is 5.91. The Labute approximate surface area is 264 Å². The SMILES string of the molecule is Cc1cc(C)c(Nc2cc3c(ccn3-c3ccccc3)c(C)c2N=Nc2c(C#N)c(C)nn2-c2nc3ccccc3s2)c(C)c1. The van der Waals surface area contributed by atoms with E-state index in [9.17, 15) is 5.26 Å². The average molecular weight is 607 g/mol. The Morgan fingerprint density at radius 1 is 0.867 bits per heavy atom. The molecule has 4 aromatic carbocycles. The van der Waals surface area contributed by atoms with Crippen LogP contribution in [0.3, 0.4) is 0 Å². The average Bonchev–Trinajstić information content (AvgIpc) is 3.74. The number of thiazole rings is 1. The van der Waals surface area contributed by atoms with Crippen LogP contribution in [0.1, 0.15) is 33.5 Å². The number of rotatable bonds is 6. The second-order valence-corrected chi connectivity index (χ2v) is 12.2. The smallest absolute Gasteiger partial charge is 0.213 e. The van der Waals surface area contributed by atoms with Crippen molar-refractivity contribution in [1.82, 2.24) is 19.3 Å². The van der Waals surface area contributed by atoms with Crippen LogP contribution in [0, 0.1) is 45.9 Å². The number of anilines is 2. The van der Waals surface area contributed by atoms with Crippen molar-refractivity contribution in [2.24, 2.45) is 10.2 Å². The Balaban J connectivity index is 1.42. The van der Waals surface area contributed by atoms with Crippen LogP contribution in [0.4, 0.5) is 22.9 Å². The van der Waals surface area contributed by atoms with Gasteiger partial charge in [-0.2, -0.15) is 15.0 Å². The highest BCUT2D eigenvalue weighted by Crippen LogP contribution is 2.41. The first-order valence-electron chi connectivity index (χ1n) is 14.6. The van der Waals surface area contributed by atoms with Gasteiger partial charge in [-0.3, -0.25) is 0 Å². The molecule has 0 amide bonds. The quantitative estimate of drug-likeness (QED) is 0.191. The van der Waals surface area contributed by atoms with Gasteiger partial charge in [0.05, 0.1) is 27.1 Å². The summed E-state index contributed by atoms with van der Waals surface area (Å²) < 4.78 is 4.84. The van der Waals surface area contributed by atoms with Crippen LogP contribution < -0.4 is 5.32 Å². The summed E-state index contributed by atoms with van der Waals surface area (Å²) in [6.07, 6.45) is 2.08. The first-order chi connectivity index (χ1) is 21.8. The van der Waals surface area contributed by atoms with Gasteiger partial charge in [0.1, 0.15) is 17.3 Å². The van der Waals surface area contributed by atoms with Crippen LogP contribution >= 0.6 is 11.3 Å². The van der Waals surface area contributed by atoms with Gasteiger partial charge in [0.25, 0.3) is 0 Å². The molecule has 0 atom stereocenters. The first-order valence-corrected chi connectivity index (χ1v) is 15.5. The van der Waals surface area contributed by atoms with Crippen molar-refractivity contribution < 1.29 is 0 Å². The van der Waals surface area contributed by atoms with Crippen molar-refractivity contribution in [3.63, 3.8) is 0 Å². The van der Waals surface area contributed by atoms with Crippen molar-refractivity contribution in [2.75, 3.05) is 5.32 Å². The molecular weight excluding hydrogens is 577 g/mol. The van der Waals surface area contributed by atoms with Crippen molar-refractivity contribution in [1.29, 1.82) is 5.26 Å². The highest BCUT2D eigenvalue weighted by Gasteiger charge is 2.21. The molecule has 0 spiro atoms. The number of hydrogen-bond donors (Lipinski definition) is 1.